The molecule has 2 heterocycles. The standard InChI is InChI=1S/C19H25IN4O3/c1-11(2)13-8-16(25-3)14(20)9-15(13)27-17-10-22-19(24-18(17)21)23-12-4-6-26-7-5-12/h8-12H,4-7H2,1-3H3,(H3,21,22,23,24). The lowest BCUT2D eigenvalue weighted by molar-refractivity contribution is 0.0903. The summed E-state index contributed by atoms with van der Waals surface area (Å²) in [6, 6.07) is 4.25. The molecule has 1 aromatic heterocycles. The van der Waals surface area contributed by atoms with Crippen molar-refractivity contribution in [1.29, 1.82) is 0 Å². The summed E-state index contributed by atoms with van der Waals surface area (Å²) in [4.78, 5) is 8.72. The van der Waals surface area contributed by atoms with Gasteiger partial charge in [0.2, 0.25) is 5.95 Å². The Kier molecular flexibility index (Phi) is 6.59. The van der Waals surface area contributed by atoms with Gasteiger partial charge in [0, 0.05) is 24.8 Å². The molecule has 146 valence electrons. The minimum absolute atomic E-state index is 0.266. The zero-order valence-corrected chi connectivity index (χ0v) is 17.9. The number of nitrogens with two attached hydrogens (primary N) is 1. The van der Waals surface area contributed by atoms with Gasteiger partial charge in [0.15, 0.2) is 11.6 Å². The number of hydrogen-bond donors (Lipinski definition) is 2. The van der Waals surface area contributed by atoms with Gasteiger partial charge in [-0.15, -0.1) is 0 Å². The van der Waals surface area contributed by atoms with Gasteiger partial charge >= 0.3 is 0 Å². The van der Waals surface area contributed by atoms with Crippen molar-refractivity contribution >= 4 is 34.4 Å². The Labute approximate surface area is 173 Å². The number of nitrogen functional groups attached to an aromatic ring is 1. The van der Waals surface area contributed by atoms with Crippen molar-refractivity contribution in [3.05, 3.63) is 27.5 Å². The number of anilines is 2. The minimum atomic E-state index is 0.266. The molecule has 27 heavy (non-hydrogen) atoms. The van der Waals surface area contributed by atoms with E-state index in [1.807, 2.05) is 12.1 Å². The lowest BCUT2D eigenvalue weighted by atomic mass is 10.0. The largest absolute Gasteiger partial charge is 0.496 e. The molecule has 0 unspecified atom stereocenters. The molecule has 0 bridgehead atoms. The average molecular weight is 484 g/mol. The zero-order chi connectivity index (χ0) is 19.4. The molecule has 1 aromatic carbocycles. The number of halogens is 1. The van der Waals surface area contributed by atoms with E-state index in [0.717, 1.165) is 46.7 Å². The van der Waals surface area contributed by atoms with E-state index < -0.39 is 0 Å². The molecule has 0 saturated carbocycles. The van der Waals surface area contributed by atoms with Gasteiger partial charge in [-0.05, 0) is 53.5 Å². The highest BCUT2D eigenvalue weighted by atomic mass is 127. The molecule has 0 radical (unpaired) electrons. The van der Waals surface area contributed by atoms with Gasteiger partial charge in [-0.2, -0.15) is 4.98 Å². The fourth-order valence-corrected chi connectivity index (χ4v) is 3.58. The average Bonchev–Trinajstić information content (AvgIpc) is 2.64. The Morgan fingerprint density at radius 2 is 1.96 bits per heavy atom. The van der Waals surface area contributed by atoms with Crippen LogP contribution in [0.3, 0.4) is 0 Å². The summed E-state index contributed by atoms with van der Waals surface area (Å²) in [5.74, 6) is 3.08. The quantitative estimate of drug-likeness (QED) is 0.595. The van der Waals surface area contributed by atoms with E-state index >= 15 is 0 Å². The van der Waals surface area contributed by atoms with Crippen molar-refractivity contribution in [3.8, 4) is 17.2 Å². The number of hydrogen-bond acceptors (Lipinski definition) is 7. The highest BCUT2D eigenvalue weighted by Gasteiger charge is 2.18. The second-order valence-corrected chi connectivity index (χ2v) is 7.92. The van der Waals surface area contributed by atoms with Crippen molar-refractivity contribution in [2.45, 2.75) is 38.6 Å². The minimum Gasteiger partial charge on any atom is -0.496 e. The molecule has 2 aromatic rings. The zero-order valence-electron chi connectivity index (χ0n) is 15.8. The van der Waals surface area contributed by atoms with Gasteiger partial charge < -0.3 is 25.3 Å². The Bertz CT molecular complexity index is 795. The monoisotopic (exact) mass is 484 g/mol. The Hall–Kier alpha value is -1.81. The molecule has 3 N–H and O–H groups in total. The maximum atomic E-state index is 6.13. The van der Waals surface area contributed by atoms with Crippen LogP contribution >= 0.6 is 22.6 Å². The second-order valence-electron chi connectivity index (χ2n) is 6.76. The van der Waals surface area contributed by atoms with Gasteiger partial charge in [0.1, 0.15) is 11.5 Å². The lowest BCUT2D eigenvalue weighted by Crippen LogP contribution is -2.28. The molecular weight excluding hydrogens is 459 g/mol. The van der Waals surface area contributed by atoms with E-state index in [2.05, 4.69) is 51.7 Å². The topological polar surface area (TPSA) is 91.5 Å². The predicted octanol–water partition coefficient (Wildman–Crippen LogP) is 4.18. The van der Waals surface area contributed by atoms with Crippen LogP contribution in [0.4, 0.5) is 11.8 Å². The first-order valence-corrected chi connectivity index (χ1v) is 10.1. The van der Waals surface area contributed by atoms with E-state index in [1.54, 1.807) is 13.3 Å². The number of nitrogens with one attached hydrogen (secondary N) is 1. The summed E-state index contributed by atoms with van der Waals surface area (Å²) in [6.07, 6.45) is 3.48. The molecule has 0 amide bonds. The number of rotatable bonds is 6. The predicted molar refractivity (Wildman–Crippen MR) is 114 cm³/mol. The smallest absolute Gasteiger partial charge is 0.225 e. The van der Waals surface area contributed by atoms with Crippen molar-refractivity contribution in [1.82, 2.24) is 9.97 Å². The molecule has 1 aliphatic heterocycles. The summed E-state index contributed by atoms with van der Waals surface area (Å²) in [5.41, 5.74) is 7.17. The van der Waals surface area contributed by atoms with Crippen molar-refractivity contribution in [3.63, 3.8) is 0 Å². The molecule has 8 heteroatoms. The Balaban J connectivity index is 1.80. The van der Waals surface area contributed by atoms with E-state index in [0.29, 0.717) is 23.6 Å². The van der Waals surface area contributed by atoms with Gasteiger partial charge in [-0.3, -0.25) is 0 Å². The summed E-state index contributed by atoms with van der Waals surface area (Å²) in [5, 5.41) is 3.31. The molecular formula is C19H25IN4O3. The van der Waals surface area contributed by atoms with E-state index in [9.17, 15) is 0 Å². The van der Waals surface area contributed by atoms with Crippen LogP contribution in [0.15, 0.2) is 18.3 Å². The summed E-state index contributed by atoms with van der Waals surface area (Å²) >= 11 is 2.23. The van der Waals surface area contributed by atoms with Crippen LogP contribution in [-0.2, 0) is 4.74 Å². The molecule has 7 nitrogen and oxygen atoms in total. The molecule has 0 spiro atoms. The van der Waals surface area contributed by atoms with Crippen LogP contribution < -0.4 is 20.5 Å². The van der Waals surface area contributed by atoms with Crippen LogP contribution in [0.1, 0.15) is 38.2 Å². The normalized spacial score (nSPS) is 15.0. The number of benzene rings is 1. The highest BCUT2D eigenvalue weighted by molar-refractivity contribution is 14.1. The third-order valence-corrected chi connectivity index (χ3v) is 5.31. The number of nitrogens with zero attached hydrogens (tertiary/aromatic N) is 2. The van der Waals surface area contributed by atoms with Crippen LogP contribution in [-0.4, -0.2) is 36.3 Å². The number of methoxy groups -OCH3 is 1. The SMILES string of the molecule is COc1cc(C(C)C)c(Oc2cnc(NC3CCOCC3)nc2N)cc1I. The summed E-state index contributed by atoms with van der Waals surface area (Å²) in [7, 11) is 1.66. The fourth-order valence-electron chi connectivity index (χ4n) is 2.92. The number of ether oxygens (including phenoxy) is 3. The van der Waals surface area contributed by atoms with E-state index in [-0.39, 0.29) is 5.92 Å². The van der Waals surface area contributed by atoms with Crippen LogP contribution in [0.2, 0.25) is 0 Å². The van der Waals surface area contributed by atoms with E-state index in [1.165, 1.54) is 0 Å². The molecule has 1 saturated heterocycles. The van der Waals surface area contributed by atoms with Crippen LogP contribution in [0, 0.1) is 3.57 Å². The van der Waals surface area contributed by atoms with E-state index in [4.69, 9.17) is 19.9 Å². The summed E-state index contributed by atoms with van der Waals surface area (Å²) in [6.45, 7) is 5.72. The van der Waals surface area contributed by atoms with Gasteiger partial charge in [-0.25, -0.2) is 4.98 Å². The van der Waals surface area contributed by atoms with Crippen LogP contribution in [0.5, 0.6) is 17.2 Å². The second kappa shape index (κ2) is 8.92. The first-order chi connectivity index (χ1) is 13.0. The van der Waals surface area contributed by atoms with Gasteiger partial charge in [-0.1, -0.05) is 13.8 Å². The molecule has 0 atom stereocenters. The number of aromatic nitrogens is 2. The van der Waals surface area contributed by atoms with Crippen molar-refractivity contribution < 1.29 is 14.2 Å². The van der Waals surface area contributed by atoms with Crippen LogP contribution in [0.25, 0.3) is 0 Å². The third-order valence-electron chi connectivity index (χ3n) is 4.46. The third kappa shape index (κ3) is 4.92. The molecule has 3 rings (SSSR count). The highest BCUT2D eigenvalue weighted by Crippen LogP contribution is 2.37. The van der Waals surface area contributed by atoms with Gasteiger partial charge in [0.25, 0.3) is 0 Å². The maximum Gasteiger partial charge on any atom is 0.225 e. The lowest BCUT2D eigenvalue weighted by Gasteiger charge is -2.23. The Morgan fingerprint density at radius 1 is 1.22 bits per heavy atom. The first-order valence-electron chi connectivity index (χ1n) is 9.00. The van der Waals surface area contributed by atoms with Crippen molar-refractivity contribution in [2.24, 2.45) is 0 Å². The van der Waals surface area contributed by atoms with Crippen molar-refractivity contribution in [2.75, 3.05) is 31.4 Å². The fraction of sp³-hybridized carbons (Fsp3) is 0.474. The first kappa shape index (κ1) is 19.9. The molecule has 1 aliphatic rings. The summed E-state index contributed by atoms with van der Waals surface area (Å²) < 4.78 is 17.8. The molecule has 1 fully saturated rings. The van der Waals surface area contributed by atoms with Gasteiger partial charge in [0.05, 0.1) is 16.9 Å². The maximum absolute atomic E-state index is 6.13. The Morgan fingerprint density at radius 3 is 2.59 bits per heavy atom. The molecule has 0 aliphatic carbocycles.